The van der Waals surface area contributed by atoms with Crippen LogP contribution >= 0.6 is 0 Å². The largest absolute Gasteiger partial charge is 0.461 e. The van der Waals surface area contributed by atoms with Gasteiger partial charge >= 0.3 is 5.97 Å². The topological polar surface area (TPSA) is 170 Å². The van der Waals surface area contributed by atoms with Crippen molar-refractivity contribution in [3.05, 3.63) is 0 Å². The van der Waals surface area contributed by atoms with E-state index in [-0.39, 0.29) is 5.92 Å². The molecule has 35 heavy (non-hydrogen) atoms. The fraction of sp³-hybridized carbons (Fsp3) is 0.727. The standard InChI is InChI=1S/C22H35N7O6/c1-12(2)10-15-19(31)25-13(3)21(33)29-17(7-5-9-24-29)22(34)35-11-16(20(32)26-15)27-18(30)14-6-4-8-23-28-14/h8,12-17,24,28H,4-7,9-11H2,1-3H3,(H,25,31)(H,26,32)(H,27,30)/t13-,14-,15+,16-,17-/m0/s1. The molecule has 4 amide bonds. The number of hydrazone groups is 1. The molecule has 0 saturated carbocycles. The Labute approximate surface area is 204 Å². The summed E-state index contributed by atoms with van der Waals surface area (Å²) in [4.78, 5) is 64.9. The number of hydrogen-bond acceptors (Lipinski definition) is 9. The summed E-state index contributed by atoms with van der Waals surface area (Å²) in [6, 6.07) is -4.68. The maximum Gasteiger partial charge on any atom is 0.330 e. The number of carbonyl (C=O) groups is 5. The van der Waals surface area contributed by atoms with Gasteiger partial charge in [0.15, 0.2) is 0 Å². The van der Waals surface area contributed by atoms with Gasteiger partial charge in [0.1, 0.15) is 36.8 Å². The monoisotopic (exact) mass is 493 g/mol. The third-order valence-electron chi connectivity index (χ3n) is 6.07. The number of nitrogens with zero attached hydrogens (tertiary/aromatic N) is 2. The summed E-state index contributed by atoms with van der Waals surface area (Å²) in [6.07, 6.45) is 4.05. The molecule has 194 valence electrons. The average Bonchev–Trinajstić information content (AvgIpc) is 2.85. The van der Waals surface area contributed by atoms with Crippen LogP contribution in [0.4, 0.5) is 0 Å². The molecule has 0 aromatic carbocycles. The van der Waals surface area contributed by atoms with E-state index in [1.54, 1.807) is 6.21 Å². The lowest BCUT2D eigenvalue weighted by atomic mass is 10.0. The van der Waals surface area contributed by atoms with Crippen molar-refractivity contribution in [3.8, 4) is 0 Å². The third kappa shape index (κ3) is 6.90. The second-order valence-electron chi connectivity index (χ2n) is 9.46. The van der Waals surface area contributed by atoms with Crippen molar-refractivity contribution in [2.24, 2.45) is 11.0 Å². The quantitative estimate of drug-likeness (QED) is 0.288. The maximum absolute atomic E-state index is 13.2. The number of carbonyl (C=O) groups excluding carboxylic acids is 5. The Bertz CT molecular complexity index is 863. The first-order valence-corrected chi connectivity index (χ1v) is 12.1. The lowest BCUT2D eigenvalue weighted by Gasteiger charge is -2.36. The molecule has 0 radical (unpaired) electrons. The molecule has 3 rings (SSSR count). The van der Waals surface area contributed by atoms with Gasteiger partial charge in [-0.2, -0.15) is 5.10 Å². The van der Waals surface area contributed by atoms with Crippen molar-refractivity contribution >= 4 is 35.8 Å². The number of ether oxygens (including phenoxy) is 1. The first-order chi connectivity index (χ1) is 16.7. The lowest BCUT2D eigenvalue weighted by Crippen LogP contribution is -2.61. The molecule has 5 atom stereocenters. The zero-order chi connectivity index (χ0) is 25.5. The number of hydrazine groups is 1. The minimum atomic E-state index is -1.24. The van der Waals surface area contributed by atoms with E-state index >= 15 is 0 Å². The van der Waals surface area contributed by atoms with Crippen molar-refractivity contribution in [2.75, 3.05) is 13.2 Å². The van der Waals surface area contributed by atoms with E-state index in [9.17, 15) is 24.0 Å². The fourth-order valence-electron chi connectivity index (χ4n) is 4.17. The van der Waals surface area contributed by atoms with Crippen LogP contribution in [-0.2, 0) is 28.7 Å². The van der Waals surface area contributed by atoms with E-state index in [1.165, 1.54) is 11.9 Å². The molecular formula is C22H35N7O6. The van der Waals surface area contributed by atoms with Crippen molar-refractivity contribution in [1.29, 1.82) is 0 Å². The smallest absolute Gasteiger partial charge is 0.330 e. The molecule has 0 aliphatic carbocycles. The van der Waals surface area contributed by atoms with Crippen LogP contribution in [0.1, 0.15) is 52.9 Å². The number of hydrogen-bond donors (Lipinski definition) is 5. The number of esters is 1. The molecular weight excluding hydrogens is 458 g/mol. The van der Waals surface area contributed by atoms with E-state index in [4.69, 9.17) is 4.74 Å². The summed E-state index contributed by atoms with van der Waals surface area (Å²) in [7, 11) is 0. The third-order valence-corrected chi connectivity index (χ3v) is 6.07. The van der Waals surface area contributed by atoms with E-state index in [0.29, 0.717) is 38.6 Å². The number of nitrogens with one attached hydrogen (secondary N) is 5. The average molecular weight is 494 g/mol. The highest BCUT2D eigenvalue weighted by atomic mass is 16.5. The molecule has 5 N–H and O–H groups in total. The van der Waals surface area contributed by atoms with Crippen LogP contribution in [0.25, 0.3) is 0 Å². The van der Waals surface area contributed by atoms with Crippen molar-refractivity contribution in [2.45, 2.75) is 83.1 Å². The van der Waals surface area contributed by atoms with Gasteiger partial charge in [-0.1, -0.05) is 13.8 Å². The van der Waals surface area contributed by atoms with E-state index in [2.05, 4.69) is 31.9 Å². The van der Waals surface area contributed by atoms with Gasteiger partial charge in [-0.25, -0.2) is 10.2 Å². The molecule has 0 aromatic heterocycles. The number of amides is 4. The highest BCUT2D eigenvalue weighted by Crippen LogP contribution is 2.15. The fourth-order valence-corrected chi connectivity index (χ4v) is 4.17. The Morgan fingerprint density at radius 1 is 1.20 bits per heavy atom. The van der Waals surface area contributed by atoms with Crippen LogP contribution in [-0.4, -0.2) is 84.2 Å². The van der Waals surface area contributed by atoms with Crippen LogP contribution in [0.3, 0.4) is 0 Å². The summed E-state index contributed by atoms with van der Waals surface area (Å²) in [5.41, 5.74) is 5.61. The van der Waals surface area contributed by atoms with Crippen molar-refractivity contribution in [3.63, 3.8) is 0 Å². The molecule has 13 heteroatoms. The molecule has 2 fully saturated rings. The molecule has 0 bridgehead atoms. The first-order valence-electron chi connectivity index (χ1n) is 12.1. The molecule has 0 spiro atoms. The van der Waals surface area contributed by atoms with Gasteiger partial charge in [-0.3, -0.25) is 29.6 Å². The van der Waals surface area contributed by atoms with Gasteiger partial charge in [0.25, 0.3) is 5.91 Å². The number of cyclic esters (lactones) is 1. The highest BCUT2D eigenvalue weighted by Gasteiger charge is 2.39. The van der Waals surface area contributed by atoms with E-state index in [1.807, 2.05) is 13.8 Å². The molecule has 13 nitrogen and oxygen atoms in total. The maximum atomic E-state index is 13.2. The minimum absolute atomic E-state index is 0.0519. The van der Waals surface area contributed by atoms with Crippen LogP contribution in [0, 0.1) is 5.92 Å². The second-order valence-corrected chi connectivity index (χ2v) is 9.46. The summed E-state index contributed by atoms with van der Waals surface area (Å²) in [5.74, 6) is -2.80. The summed E-state index contributed by atoms with van der Waals surface area (Å²) < 4.78 is 5.42. The Balaban J connectivity index is 1.86. The summed E-state index contributed by atoms with van der Waals surface area (Å²) in [6.45, 7) is 5.36. The Morgan fingerprint density at radius 3 is 2.66 bits per heavy atom. The first kappa shape index (κ1) is 26.4. The van der Waals surface area contributed by atoms with Crippen molar-refractivity contribution in [1.82, 2.24) is 31.8 Å². The Hall–Kier alpha value is -3.22. The molecule has 0 unspecified atom stereocenters. The SMILES string of the molecule is CC(C)C[C@H]1NC(=O)[C@@H](NC(=O)[C@@H]2CCC=NN2)COC(=O)[C@@H]2CCCNN2C(=O)[C@H](C)NC1=O. The Kier molecular flexibility index (Phi) is 9.01. The van der Waals surface area contributed by atoms with Crippen LogP contribution < -0.4 is 26.8 Å². The lowest BCUT2D eigenvalue weighted by molar-refractivity contribution is -0.162. The highest BCUT2D eigenvalue weighted by molar-refractivity contribution is 5.96. The van der Waals surface area contributed by atoms with Gasteiger partial charge in [-0.05, 0) is 44.9 Å². The zero-order valence-corrected chi connectivity index (χ0v) is 20.3. The molecule has 3 aliphatic rings. The Morgan fingerprint density at radius 2 is 1.97 bits per heavy atom. The van der Waals surface area contributed by atoms with Gasteiger partial charge in [0.05, 0.1) is 0 Å². The van der Waals surface area contributed by atoms with Crippen LogP contribution in [0.5, 0.6) is 0 Å². The molecule has 3 aliphatic heterocycles. The number of rotatable bonds is 4. The second kappa shape index (κ2) is 12.0. The number of fused-ring (bicyclic) bond motifs is 1. The van der Waals surface area contributed by atoms with Gasteiger partial charge < -0.3 is 20.7 Å². The normalized spacial score (nSPS) is 30.5. The summed E-state index contributed by atoms with van der Waals surface area (Å²) in [5, 5.41) is 13.0. The minimum Gasteiger partial charge on any atom is -0.461 e. The van der Waals surface area contributed by atoms with Crippen LogP contribution in [0.2, 0.25) is 0 Å². The molecule has 0 aromatic rings. The van der Waals surface area contributed by atoms with E-state index in [0.717, 1.165) is 0 Å². The van der Waals surface area contributed by atoms with Gasteiger partial charge in [-0.15, -0.1) is 0 Å². The van der Waals surface area contributed by atoms with Gasteiger partial charge in [0.2, 0.25) is 17.7 Å². The van der Waals surface area contributed by atoms with Crippen LogP contribution in [0.15, 0.2) is 5.10 Å². The zero-order valence-electron chi connectivity index (χ0n) is 20.3. The predicted molar refractivity (Wildman–Crippen MR) is 124 cm³/mol. The molecule has 2 saturated heterocycles. The summed E-state index contributed by atoms with van der Waals surface area (Å²) >= 11 is 0. The molecule has 3 heterocycles. The van der Waals surface area contributed by atoms with Crippen molar-refractivity contribution < 1.29 is 28.7 Å². The van der Waals surface area contributed by atoms with E-state index < -0.39 is 66.4 Å². The predicted octanol–water partition coefficient (Wildman–Crippen LogP) is -1.70. The van der Waals surface area contributed by atoms with Gasteiger partial charge in [0, 0.05) is 12.8 Å².